The molecule has 1 heterocycles. The van der Waals surface area contributed by atoms with Crippen LogP contribution in [0.15, 0.2) is 24.3 Å². The number of benzene rings is 1. The molecule has 1 aliphatic heterocycles. The van der Waals surface area contributed by atoms with Gasteiger partial charge in [-0.15, -0.1) is 0 Å². The highest BCUT2D eigenvalue weighted by molar-refractivity contribution is 6.30. The molecule has 2 aliphatic rings. The van der Waals surface area contributed by atoms with Gasteiger partial charge in [-0.2, -0.15) is 0 Å². The van der Waals surface area contributed by atoms with Crippen LogP contribution in [0.2, 0.25) is 5.02 Å². The fourth-order valence-electron chi connectivity index (χ4n) is 3.79. The molecule has 148 valence electrons. The Bertz CT molecular complexity index is 623. The Kier molecular flexibility index (Phi) is 7.50. The molecular weight excluding hydrogens is 364 g/mol. The first-order valence-electron chi connectivity index (χ1n) is 9.88. The van der Waals surface area contributed by atoms with Gasteiger partial charge in [0.25, 0.3) is 0 Å². The van der Waals surface area contributed by atoms with Crippen molar-refractivity contribution >= 4 is 23.5 Å². The molecule has 0 bridgehead atoms. The van der Waals surface area contributed by atoms with Gasteiger partial charge in [0.2, 0.25) is 5.91 Å². The minimum Gasteiger partial charge on any atom is -0.335 e. The SMILES string of the molecule is O=C(CN1CCN(Cc2ccc(Cl)cc2)CC1)NC(=O)NC1CCCCC1. The van der Waals surface area contributed by atoms with Crippen molar-refractivity contribution in [1.29, 1.82) is 0 Å². The van der Waals surface area contributed by atoms with E-state index in [0.717, 1.165) is 63.4 Å². The monoisotopic (exact) mass is 392 g/mol. The first-order chi connectivity index (χ1) is 13.1. The third-order valence-electron chi connectivity index (χ3n) is 5.34. The molecule has 0 radical (unpaired) electrons. The molecule has 0 unspecified atom stereocenters. The second-order valence-electron chi connectivity index (χ2n) is 7.54. The molecular formula is C20H29ClN4O2. The summed E-state index contributed by atoms with van der Waals surface area (Å²) in [6, 6.07) is 7.78. The average molecular weight is 393 g/mol. The van der Waals surface area contributed by atoms with Crippen molar-refractivity contribution in [2.24, 2.45) is 0 Å². The number of carbonyl (C=O) groups is 2. The second-order valence-corrected chi connectivity index (χ2v) is 7.97. The van der Waals surface area contributed by atoms with E-state index in [1.165, 1.54) is 12.0 Å². The lowest BCUT2D eigenvalue weighted by Gasteiger charge is -2.34. The highest BCUT2D eigenvalue weighted by Crippen LogP contribution is 2.17. The lowest BCUT2D eigenvalue weighted by Crippen LogP contribution is -2.51. The van der Waals surface area contributed by atoms with Crippen LogP contribution in [0, 0.1) is 0 Å². The van der Waals surface area contributed by atoms with E-state index in [4.69, 9.17) is 11.6 Å². The molecule has 3 amide bonds. The van der Waals surface area contributed by atoms with E-state index in [2.05, 4.69) is 20.4 Å². The van der Waals surface area contributed by atoms with Crippen LogP contribution in [0.4, 0.5) is 4.79 Å². The summed E-state index contributed by atoms with van der Waals surface area (Å²) in [5, 5.41) is 6.14. The Morgan fingerprint density at radius 2 is 1.59 bits per heavy atom. The van der Waals surface area contributed by atoms with Crippen LogP contribution in [-0.2, 0) is 11.3 Å². The molecule has 0 spiro atoms. The standard InChI is InChI=1S/C20H29ClN4O2/c21-17-8-6-16(7-9-17)14-24-10-12-25(13-11-24)15-19(26)23-20(27)22-18-4-2-1-3-5-18/h6-9,18H,1-5,10-15H2,(H2,22,23,26,27). The van der Waals surface area contributed by atoms with Crippen LogP contribution >= 0.6 is 11.6 Å². The van der Waals surface area contributed by atoms with Crippen molar-refractivity contribution in [3.05, 3.63) is 34.9 Å². The Hall–Kier alpha value is -1.63. The van der Waals surface area contributed by atoms with Gasteiger partial charge in [0.1, 0.15) is 0 Å². The van der Waals surface area contributed by atoms with Gasteiger partial charge in [0.15, 0.2) is 0 Å². The van der Waals surface area contributed by atoms with Crippen LogP contribution in [0.5, 0.6) is 0 Å². The van der Waals surface area contributed by atoms with Gasteiger partial charge in [-0.3, -0.25) is 19.9 Å². The van der Waals surface area contributed by atoms with Crippen molar-refractivity contribution in [3.8, 4) is 0 Å². The van der Waals surface area contributed by atoms with Crippen molar-refractivity contribution in [3.63, 3.8) is 0 Å². The fraction of sp³-hybridized carbons (Fsp3) is 0.600. The van der Waals surface area contributed by atoms with Gasteiger partial charge in [-0.1, -0.05) is 43.0 Å². The van der Waals surface area contributed by atoms with E-state index in [1.54, 1.807) is 0 Å². The number of nitrogens with zero attached hydrogens (tertiary/aromatic N) is 2. The third kappa shape index (κ3) is 6.79. The second kappa shape index (κ2) is 10.1. The topological polar surface area (TPSA) is 64.7 Å². The largest absolute Gasteiger partial charge is 0.335 e. The summed E-state index contributed by atoms with van der Waals surface area (Å²) in [4.78, 5) is 28.6. The number of carbonyl (C=O) groups excluding carboxylic acids is 2. The van der Waals surface area contributed by atoms with E-state index < -0.39 is 0 Å². The quantitative estimate of drug-likeness (QED) is 0.808. The summed E-state index contributed by atoms with van der Waals surface area (Å²) in [5.74, 6) is -0.227. The Labute approximate surface area is 166 Å². The molecule has 1 aliphatic carbocycles. The molecule has 6 nitrogen and oxygen atoms in total. The number of urea groups is 1. The van der Waals surface area contributed by atoms with E-state index in [1.807, 2.05) is 24.3 Å². The van der Waals surface area contributed by atoms with Gasteiger partial charge < -0.3 is 5.32 Å². The Morgan fingerprint density at radius 3 is 2.26 bits per heavy atom. The summed E-state index contributed by atoms with van der Waals surface area (Å²) >= 11 is 5.93. The van der Waals surface area contributed by atoms with Crippen molar-refractivity contribution in [1.82, 2.24) is 20.4 Å². The predicted molar refractivity (Wildman–Crippen MR) is 107 cm³/mol. The summed E-state index contributed by atoms with van der Waals surface area (Å²) in [7, 11) is 0. The first-order valence-corrected chi connectivity index (χ1v) is 10.3. The van der Waals surface area contributed by atoms with E-state index in [9.17, 15) is 9.59 Å². The summed E-state index contributed by atoms with van der Waals surface area (Å²) in [6.07, 6.45) is 5.56. The van der Waals surface area contributed by atoms with Crippen LogP contribution < -0.4 is 10.6 Å². The number of halogens is 1. The van der Waals surface area contributed by atoms with Crippen molar-refractivity contribution < 1.29 is 9.59 Å². The molecule has 7 heteroatoms. The summed E-state index contributed by atoms with van der Waals surface area (Å²) < 4.78 is 0. The Morgan fingerprint density at radius 1 is 0.963 bits per heavy atom. The number of amides is 3. The molecule has 3 rings (SSSR count). The zero-order chi connectivity index (χ0) is 19.1. The third-order valence-corrected chi connectivity index (χ3v) is 5.60. The predicted octanol–water partition coefficient (Wildman–Crippen LogP) is 2.62. The normalized spacial score (nSPS) is 19.6. The number of hydrogen-bond acceptors (Lipinski definition) is 4. The molecule has 1 saturated heterocycles. The molecule has 1 aromatic carbocycles. The number of piperazine rings is 1. The van der Waals surface area contributed by atoms with Gasteiger partial charge >= 0.3 is 6.03 Å². The summed E-state index contributed by atoms with van der Waals surface area (Å²) in [6.45, 7) is 4.62. The lowest BCUT2D eigenvalue weighted by atomic mass is 9.96. The van der Waals surface area contributed by atoms with Gasteiger partial charge in [0, 0.05) is 43.8 Å². The number of imide groups is 1. The average Bonchev–Trinajstić information content (AvgIpc) is 2.66. The minimum absolute atomic E-state index is 0.211. The Balaban J connectivity index is 1.33. The zero-order valence-corrected chi connectivity index (χ0v) is 16.5. The maximum Gasteiger partial charge on any atom is 0.321 e. The number of hydrogen-bond donors (Lipinski definition) is 2. The smallest absolute Gasteiger partial charge is 0.321 e. The highest BCUT2D eigenvalue weighted by Gasteiger charge is 2.21. The minimum atomic E-state index is -0.353. The van der Waals surface area contributed by atoms with Gasteiger partial charge in [-0.25, -0.2) is 4.79 Å². The van der Waals surface area contributed by atoms with Gasteiger partial charge in [0.05, 0.1) is 6.54 Å². The van der Waals surface area contributed by atoms with Crippen LogP contribution in [0.25, 0.3) is 0 Å². The van der Waals surface area contributed by atoms with Crippen molar-refractivity contribution in [2.45, 2.75) is 44.7 Å². The molecule has 2 N–H and O–H groups in total. The lowest BCUT2D eigenvalue weighted by molar-refractivity contribution is -0.121. The van der Waals surface area contributed by atoms with E-state index in [-0.39, 0.29) is 24.5 Å². The molecule has 1 saturated carbocycles. The van der Waals surface area contributed by atoms with E-state index in [0.29, 0.717) is 0 Å². The maximum absolute atomic E-state index is 12.1. The van der Waals surface area contributed by atoms with Crippen LogP contribution in [0.1, 0.15) is 37.7 Å². The maximum atomic E-state index is 12.1. The number of rotatable bonds is 5. The van der Waals surface area contributed by atoms with Crippen LogP contribution in [0.3, 0.4) is 0 Å². The van der Waals surface area contributed by atoms with E-state index >= 15 is 0 Å². The van der Waals surface area contributed by atoms with Crippen molar-refractivity contribution in [2.75, 3.05) is 32.7 Å². The number of nitrogens with one attached hydrogen (secondary N) is 2. The molecule has 0 aromatic heterocycles. The van der Waals surface area contributed by atoms with Crippen LogP contribution in [-0.4, -0.2) is 60.5 Å². The fourth-order valence-corrected chi connectivity index (χ4v) is 3.92. The molecule has 1 aromatic rings. The summed E-state index contributed by atoms with van der Waals surface area (Å²) in [5.41, 5.74) is 1.24. The highest BCUT2D eigenvalue weighted by atomic mass is 35.5. The molecule has 2 fully saturated rings. The molecule has 0 atom stereocenters. The van der Waals surface area contributed by atoms with Gasteiger partial charge in [-0.05, 0) is 30.5 Å². The first kappa shape index (κ1) is 20.1. The zero-order valence-electron chi connectivity index (χ0n) is 15.8. The molecule has 27 heavy (non-hydrogen) atoms.